The van der Waals surface area contributed by atoms with E-state index in [9.17, 15) is 19.7 Å². The molecule has 1 amide bonds. The SMILES string of the molecule is Cc1ncoc1C(=O)Nc1ccc([N+](=O)[O-])cc1C(=O)O. The average Bonchev–Trinajstić information content (AvgIpc) is 2.85. The molecule has 9 heteroatoms. The van der Waals surface area contributed by atoms with Crippen molar-refractivity contribution in [2.24, 2.45) is 0 Å². The fourth-order valence-corrected chi connectivity index (χ4v) is 1.63. The summed E-state index contributed by atoms with van der Waals surface area (Å²) >= 11 is 0. The molecule has 9 nitrogen and oxygen atoms in total. The molecule has 1 aromatic carbocycles. The Balaban J connectivity index is 2.36. The molecule has 0 unspecified atom stereocenters. The molecule has 0 atom stereocenters. The molecule has 1 heterocycles. The monoisotopic (exact) mass is 291 g/mol. The smallest absolute Gasteiger partial charge is 0.338 e. The van der Waals surface area contributed by atoms with Gasteiger partial charge in [0, 0.05) is 12.1 Å². The van der Waals surface area contributed by atoms with Crippen LogP contribution in [-0.2, 0) is 0 Å². The minimum atomic E-state index is -1.40. The molecule has 1 aromatic heterocycles. The van der Waals surface area contributed by atoms with Crippen molar-refractivity contribution in [1.82, 2.24) is 4.98 Å². The number of anilines is 1. The minimum Gasteiger partial charge on any atom is -0.478 e. The lowest BCUT2D eigenvalue weighted by molar-refractivity contribution is -0.384. The molecule has 2 aromatic rings. The van der Waals surface area contributed by atoms with Gasteiger partial charge in [0.05, 0.1) is 21.9 Å². The molecule has 21 heavy (non-hydrogen) atoms. The number of aromatic carboxylic acids is 1. The van der Waals surface area contributed by atoms with Crippen molar-refractivity contribution in [3.8, 4) is 0 Å². The van der Waals surface area contributed by atoms with E-state index in [0.717, 1.165) is 24.6 Å². The van der Waals surface area contributed by atoms with E-state index >= 15 is 0 Å². The molecule has 0 aliphatic rings. The molecule has 0 saturated carbocycles. The molecule has 0 spiro atoms. The standard InChI is InChI=1S/C12H9N3O6/c1-6-10(21-5-13-6)11(16)14-9-3-2-7(15(19)20)4-8(9)12(17)18/h2-5H,1H3,(H,14,16)(H,17,18). The number of carbonyl (C=O) groups excluding carboxylic acids is 1. The molecule has 2 rings (SSSR count). The number of amides is 1. The number of aromatic nitrogens is 1. The Morgan fingerprint density at radius 3 is 2.67 bits per heavy atom. The first-order chi connectivity index (χ1) is 9.90. The zero-order valence-electron chi connectivity index (χ0n) is 10.7. The third-order valence-electron chi connectivity index (χ3n) is 2.64. The van der Waals surface area contributed by atoms with Crippen LogP contribution in [0.4, 0.5) is 11.4 Å². The van der Waals surface area contributed by atoms with Gasteiger partial charge in [0.25, 0.3) is 11.6 Å². The van der Waals surface area contributed by atoms with E-state index in [1.54, 1.807) is 6.92 Å². The van der Waals surface area contributed by atoms with E-state index in [-0.39, 0.29) is 17.1 Å². The van der Waals surface area contributed by atoms with Gasteiger partial charge in [-0.3, -0.25) is 14.9 Å². The lowest BCUT2D eigenvalue weighted by Gasteiger charge is -2.07. The van der Waals surface area contributed by atoms with E-state index in [1.165, 1.54) is 0 Å². The number of rotatable bonds is 4. The highest BCUT2D eigenvalue weighted by Gasteiger charge is 2.20. The summed E-state index contributed by atoms with van der Waals surface area (Å²) in [5.74, 6) is -2.16. The summed E-state index contributed by atoms with van der Waals surface area (Å²) in [6, 6.07) is 3.10. The molecule has 0 aliphatic carbocycles. The van der Waals surface area contributed by atoms with Crippen LogP contribution in [0.1, 0.15) is 26.6 Å². The number of carbonyl (C=O) groups is 2. The predicted molar refractivity (Wildman–Crippen MR) is 69.2 cm³/mol. The number of carboxylic acid groups (broad SMARTS) is 1. The normalized spacial score (nSPS) is 10.1. The van der Waals surface area contributed by atoms with Crippen molar-refractivity contribution in [3.05, 3.63) is 51.7 Å². The molecule has 108 valence electrons. The first kappa shape index (κ1) is 14.2. The summed E-state index contributed by atoms with van der Waals surface area (Å²) in [5, 5.41) is 22.0. The number of benzene rings is 1. The maximum atomic E-state index is 11.9. The third kappa shape index (κ3) is 2.86. The number of aryl methyl sites for hydroxylation is 1. The van der Waals surface area contributed by atoms with Crippen LogP contribution in [0.3, 0.4) is 0 Å². The van der Waals surface area contributed by atoms with Crippen LogP contribution < -0.4 is 5.32 Å². The highest BCUT2D eigenvalue weighted by molar-refractivity contribution is 6.07. The maximum Gasteiger partial charge on any atom is 0.338 e. The van der Waals surface area contributed by atoms with Gasteiger partial charge in [-0.15, -0.1) is 0 Å². The summed E-state index contributed by atoms with van der Waals surface area (Å²) in [4.78, 5) is 36.7. The van der Waals surface area contributed by atoms with Crippen LogP contribution >= 0.6 is 0 Å². The zero-order chi connectivity index (χ0) is 15.6. The van der Waals surface area contributed by atoms with Crippen molar-refractivity contribution in [1.29, 1.82) is 0 Å². The van der Waals surface area contributed by atoms with Gasteiger partial charge in [-0.2, -0.15) is 0 Å². The Kier molecular flexibility index (Phi) is 3.65. The highest BCUT2D eigenvalue weighted by atomic mass is 16.6. The fraction of sp³-hybridized carbons (Fsp3) is 0.0833. The van der Waals surface area contributed by atoms with E-state index < -0.39 is 22.4 Å². The number of hydrogen-bond donors (Lipinski definition) is 2. The molecule has 2 N–H and O–H groups in total. The first-order valence-corrected chi connectivity index (χ1v) is 5.63. The van der Waals surface area contributed by atoms with E-state index in [2.05, 4.69) is 10.3 Å². The summed E-state index contributed by atoms with van der Waals surface area (Å²) < 4.78 is 4.88. The quantitative estimate of drug-likeness (QED) is 0.647. The van der Waals surface area contributed by atoms with Gasteiger partial charge < -0.3 is 14.8 Å². The number of oxazole rings is 1. The summed E-state index contributed by atoms with van der Waals surface area (Å²) in [6.45, 7) is 1.55. The zero-order valence-corrected chi connectivity index (χ0v) is 10.7. The second-order valence-corrected chi connectivity index (χ2v) is 4.01. The molecular weight excluding hydrogens is 282 g/mol. The first-order valence-electron chi connectivity index (χ1n) is 5.63. The van der Waals surface area contributed by atoms with Crippen molar-refractivity contribution in [2.45, 2.75) is 6.92 Å². The Labute approximate surface area is 117 Å². The molecule has 0 radical (unpaired) electrons. The fourth-order valence-electron chi connectivity index (χ4n) is 1.63. The number of nitro benzene ring substituents is 1. The van der Waals surface area contributed by atoms with Gasteiger partial charge in [-0.1, -0.05) is 0 Å². The van der Waals surface area contributed by atoms with Crippen LogP contribution in [0, 0.1) is 17.0 Å². The summed E-state index contributed by atoms with van der Waals surface area (Å²) in [7, 11) is 0. The highest BCUT2D eigenvalue weighted by Crippen LogP contribution is 2.23. The van der Waals surface area contributed by atoms with E-state index in [4.69, 9.17) is 9.52 Å². The Morgan fingerprint density at radius 2 is 2.14 bits per heavy atom. The molecular formula is C12H9N3O6. The Bertz CT molecular complexity index is 736. The van der Waals surface area contributed by atoms with Crippen molar-refractivity contribution in [2.75, 3.05) is 5.32 Å². The van der Waals surface area contributed by atoms with Crippen molar-refractivity contribution >= 4 is 23.3 Å². The Hall–Kier alpha value is -3.23. The molecule has 0 bridgehead atoms. The minimum absolute atomic E-state index is 0.0651. The van der Waals surface area contributed by atoms with E-state index in [1.807, 2.05) is 0 Å². The number of hydrogen-bond acceptors (Lipinski definition) is 6. The summed E-state index contributed by atoms with van der Waals surface area (Å²) in [5.41, 5.74) is -0.517. The van der Waals surface area contributed by atoms with Crippen LogP contribution in [0.5, 0.6) is 0 Å². The van der Waals surface area contributed by atoms with Crippen molar-refractivity contribution in [3.63, 3.8) is 0 Å². The number of nitro groups is 1. The lowest BCUT2D eigenvalue weighted by atomic mass is 10.1. The second-order valence-electron chi connectivity index (χ2n) is 4.01. The Morgan fingerprint density at radius 1 is 1.43 bits per heavy atom. The van der Waals surface area contributed by atoms with Gasteiger partial charge in [-0.05, 0) is 13.0 Å². The number of nitrogens with zero attached hydrogens (tertiary/aromatic N) is 2. The topological polar surface area (TPSA) is 136 Å². The number of nitrogens with one attached hydrogen (secondary N) is 1. The number of carboxylic acids is 1. The lowest BCUT2D eigenvalue weighted by Crippen LogP contribution is -2.15. The van der Waals surface area contributed by atoms with Gasteiger partial charge in [0.2, 0.25) is 5.76 Å². The van der Waals surface area contributed by atoms with Crippen LogP contribution in [0.25, 0.3) is 0 Å². The largest absolute Gasteiger partial charge is 0.478 e. The van der Waals surface area contributed by atoms with Gasteiger partial charge >= 0.3 is 5.97 Å². The van der Waals surface area contributed by atoms with Crippen molar-refractivity contribution < 1.29 is 24.0 Å². The van der Waals surface area contributed by atoms with Gasteiger partial charge in [0.1, 0.15) is 0 Å². The maximum absolute atomic E-state index is 11.9. The summed E-state index contributed by atoms with van der Waals surface area (Å²) in [6.07, 6.45) is 1.08. The van der Waals surface area contributed by atoms with Crippen LogP contribution in [0.2, 0.25) is 0 Å². The third-order valence-corrected chi connectivity index (χ3v) is 2.64. The molecule has 0 saturated heterocycles. The van der Waals surface area contributed by atoms with Gasteiger partial charge in [0.15, 0.2) is 6.39 Å². The van der Waals surface area contributed by atoms with Crippen LogP contribution in [0.15, 0.2) is 29.0 Å². The molecule has 0 fully saturated rings. The van der Waals surface area contributed by atoms with E-state index in [0.29, 0.717) is 5.69 Å². The number of non-ortho nitro benzene ring substituents is 1. The second kappa shape index (κ2) is 5.41. The van der Waals surface area contributed by atoms with Gasteiger partial charge in [-0.25, -0.2) is 9.78 Å². The molecule has 0 aliphatic heterocycles. The average molecular weight is 291 g/mol. The predicted octanol–water partition coefficient (Wildman–Crippen LogP) is 1.84. The van der Waals surface area contributed by atoms with Crippen LogP contribution in [-0.4, -0.2) is 26.9 Å².